The lowest BCUT2D eigenvalue weighted by atomic mass is 9.72. The van der Waals surface area contributed by atoms with Crippen molar-refractivity contribution in [3.63, 3.8) is 0 Å². The highest BCUT2D eigenvalue weighted by Crippen LogP contribution is 2.46. The summed E-state index contributed by atoms with van der Waals surface area (Å²) in [6.07, 6.45) is 8.97. The summed E-state index contributed by atoms with van der Waals surface area (Å²) in [6.45, 7) is 0. The number of nitrogens with zero attached hydrogens (tertiary/aromatic N) is 1. The van der Waals surface area contributed by atoms with Gasteiger partial charge in [0.05, 0.1) is 5.54 Å². The quantitative estimate of drug-likeness (QED) is 0.470. The van der Waals surface area contributed by atoms with Crippen LogP contribution in [-0.4, -0.2) is 18.6 Å². The Morgan fingerprint density at radius 2 is 1.94 bits per heavy atom. The Morgan fingerprint density at radius 1 is 1.24 bits per heavy atom. The van der Waals surface area contributed by atoms with E-state index in [4.69, 9.17) is 0 Å². The van der Waals surface area contributed by atoms with Gasteiger partial charge in [0.25, 0.3) is 0 Å². The molecule has 0 aromatic heterocycles. The predicted molar refractivity (Wildman–Crippen MR) is 73.7 cm³/mol. The average Bonchev–Trinajstić information content (AvgIpc) is 2.33. The molecule has 2 nitrogen and oxygen atoms in total. The summed E-state index contributed by atoms with van der Waals surface area (Å²) < 4.78 is 0. The molecule has 0 spiro atoms. The van der Waals surface area contributed by atoms with Gasteiger partial charge in [0, 0.05) is 9.79 Å². The number of benzene rings is 1. The molecule has 0 amide bonds. The van der Waals surface area contributed by atoms with Crippen LogP contribution in [0.15, 0.2) is 33.0 Å². The van der Waals surface area contributed by atoms with Crippen LogP contribution in [0.2, 0.25) is 0 Å². The van der Waals surface area contributed by atoms with Gasteiger partial charge in [-0.15, -0.1) is 23.5 Å². The second-order valence-electron chi connectivity index (χ2n) is 4.16. The highest BCUT2D eigenvalue weighted by atomic mass is 32.2. The molecular weight excluding hydrogens is 250 g/mol. The number of hydrogen-bond donors (Lipinski definition) is 0. The SMILES string of the molecule is CSc1ccc(C2(N=C=O)CCC2)cc1SC. The van der Waals surface area contributed by atoms with E-state index in [1.54, 1.807) is 29.6 Å². The second-order valence-corrected chi connectivity index (χ2v) is 5.85. The molecule has 17 heavy (non-hydrogen) atoms. The number of hydrogen-bond acceptors (Lipinski definition) is 4. The zero-order chi connectivity index (χ0) is 12.3. The van der Waals surface area contributed by atoms with E-state index in [-0.39, 0.29) is 5.54 Å². The fourth-order valence-corrected chi connectivity index (χ4v) is 3.67. The number of carbonyl (C=O) groups excluding carboxylic acids is 1. The van der Waals surface area contributed by atoms with Gasteiger partial charge in [0.1, 0.15) is 0 Å². The van der Waals surface area contributed by atoms with Crippen molar-refractivity contribution >= 4 is 29.6 Å². The molecule has 1 aromatic rings. The number of thioether (sulfide) groups is 2. The average molecular weight is 265 g/mol. The fourth-order valence-electron chi connectivity index (χ4n) is 2.19. The maximum Gasteiger partial charge on any atom is 0.235 e. The molecule has 90 valence electrons. The van der Waals surface area contributed by atoms with Crippen molar-refractivity contribution in [2.24, 2.45) is 4.99 Å². The fraction of sp³-hybridized carbons (Fsp3) is 0.462. The molecule has 2 rings (SSSR count). The molecule has 1 saturated carbocycles. The number of rotatable bonds is 4. The molecular formula is C13H15NOS2. The first-order chi connectivity index (χ1) is 8.25. The van der Waals surface area contributed by atoms with Crippen LogP contribution < -0.4 is 0 Å². The maximum atomic E-state index is 10.6. The highest BCUT2D eigenvalue weighted by molar-refractivity contribution is 8.01. The largest absolute Gasteiger partial charge is 0.235 e. The minimum atomic E-state index is -0.275. The van der Waals surface area contributed by atoms with E-state index in [0.29, 0.717) is 0 Å². The topological polar surface area (TPSA) is 29.4 Å². The van der Waals surface area contributed by atoms with Gasteiger partial charge in [-0.2, -0.15) is 4.99 Å². The van der Waals surface area contributed by atoms with Crippen LogP contribution in [0.25, 0.3) is 0 Å². The van der Waals surface area contributed by atoms with Gasteiger partial charge in [-0.3, -0.25) is 0 Å². The summed E-state index contributed by atoms with van der Waals surface area (Å²) >= 11 is 3.49. The molecule has 0 bridgehead atoms. The summed E-state index contributed by atoms with van der Waals surface area (Å²) in [5.74, 6) is 0. The summed E-state index contributed by atoms with van der Waals surface area (Å²) in [6, 6.07) is 6.41. The van der Waals surface area contributed by atoms with Crippen LogP contribution in [0.1, 0.15) is 24.8 Å². The zero-order valence-corrected chi connectivity index (χ0v) is 11.7. The molecule has 0 unspecified atom stereocenters. The Labute approximate surface area is 110 Å². The van der Waals surface area contributed by atoms with Crippen molar-refractivity contribution in [1.29, 1.82) is 0 Å². The summed E-state index contributed by atoms with van der Waals surface area (Å²) in [7, 11) is 0. The third kappa shape index (κ3) is 2.30. The van der Waals surface area contributed by atoms with Gasteiger partial charge in [-0.25, -0.2) is 4.79 Å². The van der Waals surface area contributed by atoms with E-state index in [1.165, 1.54) is 9.79 Å². The van der Waals surface area contributed by atoms with Crippen LogP contribution in [0.5, 0.6) is 0 Å². The number of isocyanates is 1. The predicted octanol–water partition coefficient (Wildman–Crippen LogP) is 3.85. The van der Waals surface area contributed by atoms with Crippen LogP contribution in [-0.2, 0) is 10.3 Å². The van der Waals surface area contributed by atoms with Gasteiger partial charge in [0.2, 0.25) is 6.08 Å². The van der Waals surface area contributed by atoms with E-state index in [2.05, 4.69) is 35.7 Å². The first-order valence-electron chi connectivity index (χ1n) is 5.57. The van der Waals surface area contributed by atoms with Crippen molar-refractivity contribution in [2.45, 2.75) is 34.6 Å². The van der Waals surface area contributed by atoms with Crippen molar-refractivity contribution in [3.05, 3.63) is 23.8 Å². The van der Waals surface area contributed by atoms with Crippen LogP contribution in [0.4, 0.5) is 0 Å². The normalized spacial score (nSPS) is 17.1. The zero-order valence-electron chi connectivity index (χ0n) is 10.0. The van der Waals surface area contributed by atoms with Crippen molar-refractivity contribution in [1.82, 2.24) is 0 Å². The lowest BCUT2D eigenvalue weighted by Gasteiger charge is -2.37. The molecule has 4 heteroatoms. The summed E-state index contributed by atoms with van der Waals surface area (Å²) in [4.78, 5) is 17.2. The molecule has 0 N–H and O–H groups in total. The molecule has 1 aliphatic carbocycles. The Morgan fingerprint density at radius 3 is 2.41 bits per heavy atom. The molecule has 0 atom stereocenters. The van der Waals surface area contributed by atoms with E-state index in [0.717, 1.165) is 24.8 Å². The third-order valence-corrected chi connectivity index (χ3v) is 5.06. The van der Waals surface area contributed by atoms with E-state index >= 15 is 0 Å². The minimum Gasteiger partial charge on any atom is -0.211 e. The first-order valence-corrected chi connectivity index (χ1v) is 8.02. The highest BCUT2D eigenvalue weighted by Gasteiger charge is 2.39. The summed E-state index contributed by atoms with van der Waals surface area (Å²) in [5, 5.41) is 0. The van der Waals surface area contributed by atoms with Crippen molar-refractivity contribution in [2.75, 3.05) is 12.5 Å². The van der Waals surface area contributed by atoms with Gasteiger partial charge in [-0.1, -0.05) is 6.07 Å². The Bertz CT molecular complexity index is 462. The molecule has 0 heterocycles. The Hall–Kier alpha value is -0.700. The van der Waals surface area contributed by atoms with Gasteiger partial charge in [0.15, 0.2) is 0 Å². The Balaban J connectivity index is 2.42. The van der Waals surface area contributed by atoms with E-state index in [1.807, 2.05) is 0 Å². The van der Waals surface area contributed by atoms with Gasteiger partial charge >= 0.3 is 0 Å². The molecule has 0 saturated heterocycles. The lowest BCUT2D eigenvalue weighted by Crippen LogP contribution is -2.31. The second kappa shape index (κ2) is 5.30. The minimum absolute atomic E-state index is 0.275. The van der Waals surface area contributed by atoms with Crippen molar-refractivity contribution in [3.8, 4) is 0 Å². The van der Waals surface area contributed by atoms with Crippen molar-refractivity contribution < 1.29 is 4.79 Å². The van der Waals surface area contributed by atoms with Crippen LogP contribution in [0, 0.1) is 0 Å². The molecule has 1 fully saturated rings. The van der Waals surface area contributed by atoms with Gasteiger partial charge in [-0.05, 0) is 49.5 Å². The van der Waals surface area contributed by atoms with Crippen LogP contribution >= 0.6 is 23.5 Å². The Kier molecular flexibility index (Phi) is 3.97. The summed E-state index contributed by atoms with van der Waals surface area (Å²) in [5.41, 5.74) is 0.887. The van der Waals surface area contributed by atoms with E-state index < -0.39 is 0 Å². The first kappa shape index (κ1) is 12.7. The standard InChI is InChI=1S/C13H15NOS2/c1-16-11-5-4-10(8-12(11)17-2)13(14-9-15)6-3-7-13/h4-5,8H,3,6-7H2,1-2H3. The molecule has 0 aliphatic heterocycles. The van der Waals surface area contributed by atoms with E-state index in [9.17, 15) is 4.79 Å². The molecule has 0 radical (unpaired) electrons. The maximum absolute atomic E-state index is 10.6. The molecule has 1 aromatic carbocycles. The third-order valence-electron chi connectivity index (χ3n) is 3.36. The molecule has 1 aliphatic rings. The number of aliphatic imine (C=N–C) groups is 1. The smallest absolute Gasteiger partial charge is 0.211 e. The van der Waals surface area contributed by atoms with Gasteiger partial charge < -0.3 is 0 Å². The monoisotopic (exact) mass is 265 g/mol. The lowest BCUT2D eigenvalue weighted by molar-refractivity contribution is 0.255. The van der Waals surface area contributed by atoms with Crippen LogP contribution in [0.3, 0.4) is 0 Å².